The number of benzene rings is 1. The molecule has 1 saturated heterocycles. The SMILES string of the molecule is CC1CCC(Cn2c(N3CCO[C@@H]4CCC[C@H]43)nc3nc(-c4noc(=O)[nH]4)nc(-c4cccc(Cl)c4)c32)CC1. The van der Waals surface area contributed by atoms with E-state index in [-0.39, 0.29) is 17.8 Å². The molecule has 7 rings (SSSR count). The molecule has 3 aromatic heterocycles. The van der Waals surface area contributed by atoms with E-state index in [0.717, 1.165) is 55.3 Å². The summed E-state index contributed by atoms with van der Waals surface area (Å²) in [6.45, 7) is 4.67. The van der Waals surface area contributed by atoms with Gasteiger partial charge in [-0.3, -0.25) is 9.51 Å². The molecule has 0 unspecified atom stereocenters. The number of H-pyrrole nitrogens is 1. The second kappa shape index (κ2) is 10.1. The van der Waals surface area contributed by atoms with E-state index < -0.39 is 5.76 Å². The van der Waals surface area contributed by atoms with Crippen LogP contribution in [0, 0.1) is 11.8 Å². The van der Waals surface area contributed by atoms with Crippen LogP contribution < -0.4 is 10.7 Å². The zero-order valence-corrected chi connectivity index (χ0v) is 22.7. The molecule has 11 heteroatoms. The number of ether oxygens (including phenoxy) is 1. The van der Waals surface area contributed by atoms with Gasteiger partial charge in [-0.2, -0.15) is 4.98 Å². The Labute approximate surface area is 230 Å². The molecule has 0 radical (unpaired) electrons. The van der Waals surface area contributed by atoms with Crippen LogP contribution in [-0.4, -0.2) is 55.0 Å². The number of rotatable bonds is 5. The highest BCUT2D eigenvalue weighted by atomic mass is 35.5. The summed E-state index contributed by atoms with van der Waals surface area (Å²) in [7, 11) is 0. The molecule has 3 fully saturated rings. The summed E-state index contributed by atoms with van der Waals surface area (Å²) in [6, 6.07) is 7.95. The number of anilines is 1. The van der Waals surface area contributed by atoms with Crippen molar-refractivity contribution in [3.63, 3.8) is 0 Å². The summed E-state index contributed by atoms with van der Waals surface area (Å²) < 4.78 is 13.3. The number of aromatic amines is 1. The Kier molecular flexibility index (Phi) is 6.39. The minimum absolute atomic E-state index is 0.171. The average Bonchev–Trinajstić information content (AvgIpc) is 3.68. The predicted octanol–water partition coefficient (Wildman–Crippen LogP) is 5.07. The lowest BCUT2D eigenvalue weighted by Gasteiger charge is -2.39. The molecule has 2 atom stereocenters. The maximum absolute atomic E-state index is 11.7. The van der Waals surface area contributed by atoms with Gasteiger partial charge in [-0.05, 0) is 56.1 Å². The number of hydrogen-bond donors (Lipinski definition) is 1. The van der Waals surface area contributed by atoms with Gasteiger partial charge in [0.1, 0.15) is 11.2 Å². The number of nitrogens with one attached hydrogen (secondary N) is 1. The van der Waals surface area contributed by atoms with E-state index in [0.29, 0.717) is 34.9 Å². The summed E-state index contributed by atoms with van der Waals surface area (Å²) in [5, 5.41) is 4.47. The molecule has 1 N–H and O–H groups in total. The highest BCUT2D eigenvalue weighted by molar-refractivity contribution is 6.30. The van der Waals surface area contributed by atoms with E-state index in [4.69, 9.17) is 35.8 Å². The fourth-order valence-corrected chi connectivity index (χ4v) is 6.82. The standard InChI is InChI=1S/C28H32ClN7O3/c1-16-8-10-17(11-9-16)15-36-23-22(18-4-2-5-19(29)14-18)30-25(26-33-28(37)39-34-26)31-24(23)32-27(36)35-12-13-38-21-7-3-6-20(21)35/h2,4-5,14,16-17,20-21H,3,6-13,15H2,1H3,(H,33,34,37)/t16?,17?,20-,21-/m1/s1. The summed E-state index contributed by atoms with van der Waals surface area (Å²) in [4.78, 5) is 31.7. The quantitative estimate of drug-likeness (QED) is 0.367. The second-order valence-corrected chi connectivity index (χ2v) is 11.7. The fraction of sp³-hybridized carbons (Fsp3) is 0.536. The summed E-state index contributed by atoms with van der Waals surface area (Å²) in [5.74, 6) is 2.02. The average molecular weight is 550 g/mol. The second-order valence-electron chi connectivity index (χ2n) is 11.3. The molecule has 3 aliphatic rings. The molecule has 4 heterocycles. The van der Waals surface area contributed by atoms with Crippen molar-refractivity contribution in [3.05, 3.63) is 39.8 Å². The topological polar surface area (TPSA) is 115 Å². The van der Waals surface area contributed by atoms with Crippen molar-refractivity contribution in [2.45, 2.75) is 70.6 Å². The molecule has 39 heavy (non-hydrogen) atoms. The van der Waals surface area contributed by atoms with Gasteiger partial charge in [-0.15, -0.1) is 0 Å². The molecular weight excluding hydrogens is 518 g/mol. The van der Waals surface area contributed by atoms with E-state index in [1.54, 1.807) is 0 Å². The lowest BCUT2D eigenvalue weighted by Crippen LogP contribution is -2.49. The minimum Gasteiger partial charge on any atom is -0.374 e. The van der Waals surface area contributed by atoms with Gasteiger partial charge in [0, 0.05) is 23.7 Å². The molecule has 1 aliphatic heterocycles. The van der Waals surface area contributed by atoms with Crippen molar-refractivity contribution in [2.75, 3.05) is 18.1 Å². The Morgan fingerprint density at radius 3 is 2.77 bits per heavy atom. The van der Waals surface area contributed by atoms with Crippen LogP contribution in [0.25, 0.3) is 34.1 Å². The van der Waals surface area contributed by atoms with Crippen molar-refractivity contribution < 1.29 is 9.26 Å². The molecular formula is C28H32ClN7O3. The van der Waals surface area contributed by atoms with Crippen molar-refractivity contribution in [1.29, 1.82) is 0 Å². The van der Waals surface area contributed by atoms with Crippen LogP contribution in [0.4, 0.5) is 5.95 Å². The van der Waals surface area contributed by atoms with Gasteiger partial charge in [-0.1, -0.05) is 48.7 Å². The van der Waals surface area contributed by atoms with Crippen molar-refractivity contribution in [1.82, 2.24) is 29.7 Å². The van der Waals surface area contributed by atoms with Gasteiger partial charge in [0.05, 0.1) is 18.8 Å². The number of morpholine rings is 1. The van der Waals surface area contributed by atoms with E-state index in [1.807, 2.05) is 24.3 Å². The molecule has 1 aromatic carbocycles. The number of imidazole rings is 1. The van der Waals surface area contributed by atoms with Crippen LogP contribution in [-0.2, 0) is 11.3 Å². The molecule has 0 bridgehead atoms. The maximum Gasteiger partial charge on any atom is 0.439 e. The highest BCUT2D eigenvalue weighted by Gasteiger charge is 2.39. The zero-order chi connectivity index (χ0) is 26.5. The van der Waals surface area contributed by atoms with Gasteiger partial charge in [-0.25, -0.2) is 14.8 Å². The van der Waals surface area contributed by atoms with Crippen LogP contribution in [0.2, 0.25) is 5.02 Å². The lowest BCUT2D eigenvalue weighted by molar-refractivity contribution is 0.0247. The third-order valence-corrected chi connectivity index (χ3v) is 8.88. The number of aromatic nitrogens is 6. The molecule has 204 valence electrons. The van der Waals surface area contributed by atoms with E-state index in [9.17, 15) is 4.79 Å². The molecule has 2 aliphatic carbocycles. The van der Waals surface area contributed by atoms with Gasteiger partial charge >= 0.3 is 5.76 Å². The van der Waals surface area contributed by atoms with Crippen molar-refractivity contribution in [2.24, 2.45) is 11.8 Å². The van der Waals surface area contributed by atoms with Gasteiger partial charge in [0.25, 0.3) is 0 Å². The van der Waals surface area contributed by atoms with Crippen molar-refractivity contribution in [3.8, 4) is 22.9 Å². The third-order valence-electron chi connectivity index (χ3n) is 8.65. The van der Waals surface area contributed by atoms with Crippen LogP contribution in [0.3, 0.4) is 0 Å². The first-order chi connectivity index (χ1) is 19.0. The van der Waals surface area contributed by atoms with Crippen LogP contribution >= 0.6 is 11.6 Å². The summed E-state index contributed by atoms with van der Waals surface area (Å²) in [5.41, 5.74) is 3.01. The molecule has 4 aromatic rings. The van der Waals surface area contributed by atoms with Crippen LogP contribution in [0.5, 0.6) is 0 Å². The first-order valence-corrected chi connectivity index (χ1v) is 14.4. The monoisotopic (exact) mass is 549 g/mol. The Morgan fingerprint density at radius 1 is 1.10 bits per heavy atom. The number of hydrogen-bond acceptors (Lipinski definition) is 8. The van der Waals surface area contributed by atoms with Crippen molar-refractivity contribution >= 4 is 28.7 Å². The number of fused-ring (bicyclic) bond motifs is 2. The predicted molar refractivity (Wildman–Crippen MR) is 148 cm³/mol. The largest absolute Gasteiger partial charge is 0.439 e. The van der Waals surface area contributed by atoms with Gasteiger partial charge < -0.3 is 14.2 Å². The minimum atomic E-state index is -0.656. The Hall–Kier alpha value is -3.24. The van der Waals surface area contributed by atoms with Gasteiger partial charge in [0.2, 0.25) is 17.6 Å². The normalized spacial score (nSPS) is 25.3. The Balaban J connectivity index is 1.44. The summed E-state index contributed by atoms with van der Waals surface area (Å²) in [6.07, 6.45) is 8.45. The van der Waals surface area contributed by atoms with E-state index in [1.165, 1.54) is 25.7 Å². The number of nitrogens with zero attached hydrogens (tertiary/aromatic N) is 6. The third kappa shape index (κ3) is 4.63. The fourth-order valence-electron chi connectivity index (χ4n) is 6.63. The van der Waals surface area contributed by atoms with Gasteiger partial charge in [0.15, 0.2) is 5.65 Å². The highest BCUT2D eigenvalue weighted by Crippen LogP contribution is 2.39. The number of halogens is 1. The maximum atomic E-state index is 11.7. The molecule has 10 nitrogen and oxygen atoms in total. The molecule has 0 spiro atoms. The zero-order valence-electron chi connectivity index (χ0n) is 22.0. The molecule has 2 saturated carbocycles. The summed E-state index contributed by atoms with van der Waals surface area (Å²) >= 11 is 6.44. The van der Waals surface area contributed by atoms with Crippen LogP contribution in [0.15, 0.2) is 33.6 Å². The Bertz CT molecular complexity index is 1550. The first-order valence-electron chi connectivity index (χ1n) is 14.0. The molecule has 0 amide bonds. The van der Waals surface area contributed by atoms with Crippen LogP contribution in [0.1, 0.15) is 51.9 Å². The van der Waals surface area contributed by atoms with E-state index in [2.05, 4.69) is 26.5 Å². The first kappa shape index (κ1) is 24.8. The van der Waals surface area contributed by atoms with E-state index >= 15 is 0 Å². The Morgan fingerprint density at radius 2 is 1.97 bits per heavy atom. The smallest absolute Gasteiger partial charge is 0.374 e. The lowest BCUT2D eigenvalue weighted by atomic mass is 9.83.